The number of amides is 1. The minimum atomic E-state index is -0.239. The molecule has 34 heavy (non-hydrogen) atoms. The van der Waals surface area contributed by atoms with Gasteiger partial charge in [0.1, 0.15) is 5.75 Å². The molecule has 5 nitrogen and oxygen atoms in total. The topological polar surface area (TPSA) is 50.8 Å². The van der Waals surface area contributed by atoms with Gasteiger partial charge in [0.05, 0.1) is 25.4 Å². The molecule has 0 bridgehead atoms. The van der Waals surface area contributed by atoms with E-state index in [9.17, 15) is 4.79 Å². The van der Waals surface area contributed by atoms with E-state index in [1.165, 1.54) is 5.56 Å². The van der Waals surface area contributed by atoms with Crippen LogP contribution < -0.4 is 15.0 Å². The van der Waals surface area contributed by atoms with Crippen molar-refractivity contribution in [1.29, 1.82) is 0 Å². The maximum Gasteiger partial charge on any atom is 0.258 e. The third-order valence-corrected chi connectivity index (χ3v) is 7.31. The number of carbonyl (C=O) groups excluding carboxylic acids is 1. The highest BCUT2D eigenvalue weighted by molar-refractivity contribution is 6.05. The monoisotopic (exact) mass is 456 g/mol. The lowest BCUT2D eigenvalue weighted by molar-refractivity contribution is -0.0484. The van der Waals surface area contributed by atoms with Crippen LogP contribution in [-0.2, 0) is 4.74 Å². The van der Waals surface area contributed by atoms with Crippen molar-refractivity contribution in [3.05, 3.63) is 95.6 Å². The fourth-order valence-corrected chi connectivity index (χ4v) is 5.55. The van der Waals surface area contributed by atoms with Crippen molar-refractivity contribution in [2.75, 3.05) is 32.2 Å². The van der Waals surface area contributed by atoms with Gasteiger partial charge in [-0.1, -0.05) is 48.5 Å². The predicted octanol–water partition coefficient (Wildman–Crippen LogP) is 5.34. The summed E-state index contributed by atoms with van der Waals surface area (Å²) >= 11 is 0. The van der Waals surface area contributed by atoms with Crippen LogP contribution in [-0.4, -0.2) is 38.8 Å². The van der Waals surface area contributed by atoms with Crippen LogP contribution in [0.5, 0.6) is 5.75 Å². The number of carbonyl (C=O) groups is 1. The van der Waals surface area contributed by atoms with Gasteiger partial charge >= 0.3 is 0 Å². The zero-order chi connectivity index (χ0) is 23.5. The number of hydrogen-bond donors (Lipinski definition) is 1. The molecule has 2 saturated heterocycles. The van der Waals surface area contributed by atoms with Crippen LogP contribution >= 0.6 is 0 Å². The summed E-state index contributed by atoms with van der Waals surface area (Å²) in [6.07, 6.45) is 3.04. The summed E-state index contributed by atoms with van der Waals surface area (Å²) < 4.78 is 12.4. The smallest absolute Gasteiger partial charge is 0.258 e. The van der Waals surface area contributed by atoms with Gasteiger partial charge in [-0.25, -0.2) is 0 Å². The molecule has 1 spiro atoms. The molecule has 1 amide bonds. The fraction of sp³-hybridized carbons (Fsp3) is 0.345. The van der Waals surface area contributed by atoms with Gasteiger partial charge in [-0.2, -0.15) is 0 Å². The molecule has 176 valence electrons. The second kappa shape index (κ2) is 9.61. The lowest BCUT2D eigenvalue weighted by Crippen LogP contribution is -2.48. The van der Waals surface area contributed by atoms with E-state index < -0.39 is 0 Å². The van der Waals surface area contributed by atoms with Crippen LogP contribution in [0.1, 0.15) is 52.7 Å². The van der Waals surface area contributed by atoms with Crippen molar-refractivity contribution in [2.45, 2.75) is 36.8 Å². The number of hydrogen-bond acceptors (Lipinski definition) is 4. The van der Waals surface area contributed by atoms with Crippen molar-refractivity contribution in [3.8, 4) is 5.75 Å². The van der Waals surface area contributed by atoms with Crippen molar-refractivity contribution in [2.24, 2.45) is 0 Å². The van der Waals surface area contributed by atoms with Crippen LogP contribution in [0, 0.1) is 0 Å². The minimum absolute atomic E-state index is 0.0310. The summed E-state index contributed by atoms with van der Waals surface area (Å²) in [6.45, 7) is 1.64. The van der Waals surface area contributed by atoms with E-state index in [2.05, 4.69) is 41.7 Å². The maximum atomic E-state index is 13.0. The number of nitrogens with zero attached hydrogens (tertiary/aromatic N) is 1. The number of nitrogens with one attached hydrogen (secondary N) is 1. The summed E-state index contributed by atoms with van der Waals surface area (Å²) in [4.78, 5) is 14.7. The highest BCUT2D eigenvalue weighted by atomic mass is 16.5. The number of ether oxygens (including phenoxy) is 2. The highest BCUT2D eigenvalue weighted by Crippen LogP contribution is 2.49. The Kier molecular flexibility index (Phi) is 6.40. The molecular weight excluding hydrogens is 424 g/mol. The number of anilines is 1. The van der Waals surface area contributed by atoms with Crippen LogP contribution in [0.3, 0.4) is 0 Å². The molecule has 3 aromatic rings. The Morgan fingerprint density at radius 3 is 2.53 bits per heavy atom. The lowest BCUT2D eigenvalue weighted by atomic mass is 9.77. The molecular formula is C29H32N2O3. The summed E-state index contributed by atoms with van der Waals surface area (Å²) in [7, 11) is 3.53. The molecule has 2 aliphatic heterocycles. The molecule has 2 heterocycles. The van der Waals surface area contributed by atoms with Gasteiger partial charge in [0.15, 0.2) is 0 Å². The first-order valence-corrected chi connectivity index (χ1v) is 12.0. The Hall–Kier alpha value is -3.15. The number of piperidine rings is 1. The molecule has 0 unspecified atom stereocenters. The number of benzene rings is 3. The normalized spacial score (nSPS) is 24.2. The molecule has 2 fully saturated rings. The molecule has 5 heteroatoms. The highest BCUT2D eigenvalue weighted by Gasteiger charge is 2.49. The van der Waals surface area contributed by atoms with E-state index in [0.29, 0.717) is 12.2 Å². The Morgan fingerprint density at radius 2 is 1.79 bits per heavy atom. The molecule has 3 aromatic carbocycles. The van der Waals surface area contributed by atoms with E-state index in [0.717, 1.165) is 42.8 Å². The van der Waals surface area contributed by atoms with Gasteiger partial charge < -0.3 is 19.7 Å². The third-order valence-electron chi connectivity index (χ3n) is 7.31. The second-order valence-corrected chi connectivity index (χ2v) is 9.33. The molecule has 5 rings (SSSR count). The number of rotatable bonds is 5. The van der Waals surface area contributed by atoms with E-state index in [4.69, 9.17) is 9.47 Å². The van der Waals surface area contributed by atoms with Crippen LogP contribution in [0.25, 0.3) is 0 Å². The minimum Gasteiger partial charge on any atom is -0.496 e. The van der Waals surface area contributed by atoms with E-state index in [1.54, 1.807) is 12.0 Å². The Balaban J connectivity index is 1.43. The van der Waals surface area contributed by atoms with Gasteiger partial charge in [-0.3, -0.25) is 4.79 Å². The van der Waals surface area contributed by atoms with Gasteiger partial charge in [0.25, 0.3) is 5.91 Å². The van der Waals surface area contributed by atoms with Gasteiger partial charge in [-0.15, -0.1) is 0 Å². The second-order valence-electron chi connectivity index (χ2n) is 9.33. The van der Waals surface area contributed by atoms with E-state index in [-0.39, 0.29) is 23.5 Å². The van der Waals surface area contributed by atoms with Gasteiger partial charge in [-0.05, 0) is 61.7 Å². The zero-order valence-electron chi connectivity index (χ0n) is 19.9. The largest absolute Gasteiger partial charge is 0.496 e. The molecule has 0 saturated carbocycles. The van der Waals surface area contributed by atoms with Crippen LogP contribution in [0.2, 0.25) is 0 Å². The fourth-order valence-electron chi connectivity index (χ4n) is 5.55. The van der Waals surface area contributed by atoms with Crippen molar-refractivity contribution < 1.29 is 14.3 Å². The molecule has 1 N–H and O–H groups in total. The van der Waals surface area contributed by atoms with Gasteiger partial charge in [0, 0.05) is 29.8 Å². The Morgan fingerprint density at radius 1 is 1.06 bits per heavy atom. The van der Waals surface area contributed by atoms with Crippen LogP contribution in [0.15, 0.2) is 78.9 Å². The SMILES string of the molecule is COc1ccc(N(C)C(=O)c2ccccc2)cc1[C@H]1CO[C@]2(CCCN[C@H]2c2ccccc2)C1. The first-order valence-electron chi connectivity index (χ1n) is 12.0. The Labute approximate surface area is 201 Å². The number of methoxy groups -OCH3 is 1. The summed E-state index contributed by atoms with van der Waals surface area (Å²) in [6, 6.07) is 26.2. The quantitative estimate of drug-likeness (QED) is 0.563. The lowest BCUT2D eigenvalue weighted by Gasteiger charge is -2.41. The molecule has 0 aliphatic carbocycles. The van der Waals surface area contributed by atoms with Crippen molar-refractivity contribution >= 4 is 11.6 Å². The van der Waals surface area contributed by atoms with Crippen LogP contribution in [0.4, 0.5) is 5.69 Å². The average molecular weight is 457 g/mol. The Bertz CT molecular complexity index is 1130. The predicted molar refractivity (Wildman–Crippen MR) is 135 cm³/mol. The first kappa shape index (κ1) is 22.6. The van der Waals surface area contributed by atoms with E-state index >= 15 is 0 Å². The standard InChI is InChI=1S/C29H32N2O3/c1-31(28(32)22-12-7-4-8-13-22)24-14-15-26(33-2)25(18-24)23-19-29(34-20-23)16-9-17-30-27(29)21-10-5-3-6-11-21/h3-8,10-15,18,23,27,30H,9,16-17,19-20H2,1-2H3/t23-,27+,29-/m1/s1. The van der Waals surface area contributed by atoms with Crippen molar-refractivity contribution in [1.82, 2.24) is 5.32 Å². The van der Waals surface area contributed by atoms with Gasteiger partial charge in [0.2, 0.25) is 0 Å². The summed E-state index contributed by atoms with van der Waals surface area (Å²) in [5.41, 5.74) is 3.66. The molecule has 3 atom stereocenters. The first-order chi connectivity index (χ1) is 16.6. The molecule has 0 radical (unpaired) electrons. The average Bonchev–Trinajstić information content (AvgIpc) is 3.32. The maximum absolute atomic E-state index is 13.0. The summed E-state index contributed by atoms with van der Waals surface area (Å²) in [5, 5.41) is 3.72. The van der Waals surface area contributed by atoms with Crippen molar-refractivity contribution in [3.63, 3.8) is 0 Å². The summed E-state index contributed by atoms with van der Waals surface area (Å²) in [5.74, 6) is 1.01. The van der Waals surface area contributed by atoms with E-state index in [1.807, 2.05) is 49.5 Å². The third kappa shape index (κ3) is 4.22. The molecule has 2 aliphatic rings. The zero-order valence-corrected chi connectivity index (χ0v) is 19.9. The molecule has 0 aromatic heterocycles.